The average molecular weight is 420 g/mol. The van der Waals surface area contributed by atoms with Crippen LogP contribution in [0.25, 0.3) is 17.0 Å². The van der Waals surface area contributed by atoms with Crippen LogP contribution in [0.4, 0.5) is 5.69 Å². The Bertz CT molecular complexity index is 1160. The van der Waals surface area contributed by atoms with Crippen LogP contribution in [-0.2, 0) is 0 Å². The Labute approximate surface area is 178 Å². The van der Waals surface area contributed by atoms with Gasteiger partial charge >= 0.3 is 0 Å². The van der Waals surface area contributed by atoms with Crippen molar-refractivity contribution in [2.75, 3.05) is 11.1 Å². The Morgan fingerprint density at radius 1 is 1.10 bits per heavy atom. The van der Waals surface area contributed by atoms with Crippen LogP contribution in [0.1, 0.15) is 28.6 Å². The van der Waals surface area contributed by atoms with Gasteiger partial charge in [-0.3, -0.25) is 4.79 Å². The largest absolute Gasteiger partial charge is 0.461 e. The fourth-order valence-electron chi connectivity index (χ4n) is 3.01. The Morgan fingerprint density at radius 3 is 2.53 bits per heavy atom. The SMILES string of the molecule is CCSc1nnnn1-c1ccc(NC(=O)c2cc(-c3ccc(C)cc3)oc2C)cc1. The number of benzene rings is 2. The second-order valence-electron chi connectivity index (χ2n) is 6.75. The van der Waals surface area contributed by atoms with Crippen LogP contribution in [0.2, 0.25) is 0 Å². The van der Waals surface area contributed by atoms with E-state index in [-0.39, 0.29) is 5.91 Å². The van der Waals surface area contributed by atoms with Crippen molar-refractivity contribution in [2.45, 2.75) is 25.9 Å². The molecule has 0 fully saturated rings. The molecule has 2 aromatic heterocycles. The molecule has 0 aliphatic heterocycles. The molecule has 7 nitrogen and oxygen atoms in total. The van der Waals surface area contributed by atoms with E-state index in [0.717, 1.165) is 22.2 Å². The lowest BCUT2D eigenvalue weighted by Gasteiger charge is -2.07. The molecule has 0 aliphatic carbocycles. The third-order valence-electron chi connectivity index (χ3n) is 4.58. The number of nitrogens with zero attached hydrogens (tertiary/aromatic N) is 4. The summed E-state index contributed by atoms with van der Waals surface area (Å²) < 4.78 is 7.49. The molecule has 2 heterocycles. The first-order chi connectivity index (χ1) is 14.5. The van der Waals surface area contributed by atoms with Crippen molar-refractivity contribution in [1.29, 1.82) is 0 Å². The lowest BCUT2D eigenvalue weighted by molar-refractivity contribution is 0.102. The Morgan fingerprint density at radius 2 is 1.83 bits per heavy atom. The minimum Gasteiger partial charge on any atom is -0.461 e. The number of hydrogen-bond donors (Lipinski definition) is 1. The number of hydrogen-bond acceptors (Lipinski definition) is 6. The van der Waals surface area contributed by atoms with Gasteiger partial charge in [-0.25, -0.2) is 0 Å². The van der Waals surface area contributed by atoms with E-state index in [4.69, 9.17) is 4.42 Å². The van der Waals surface area contributed by atoms with Gasteiger partial charge in [0.25, 0.3) is 5.91 Å². The molecule has 8 heteroatoms. The van der Waals surface area contributed by atoms with Crippen LogP contribution in [0, 0.1) is 13.8 Å². The number of aryl methyl sites for hydroxylation is 2. The number of thioether (sulfide) groups is 1. The first-order valence-electron chi connectivity index (χ1n) is 9.55. The zero-order chi connectivity index (χ0) is 21.1. The van der Waals surface area contributed by atoms with Crippen molar-refractivity contribution in [2.24, 2.45) is 0 Å². The van der Waals surface area contributed by atoms with Gasteiger partial charge < -0.3 is 9.73 Å². The third-order valence-corrected chi connectivity index (χ3v) is 5.38. The lowest BCUT2D eigenvalue weighted by atomic mass is 10.1. The molecule has 152 valence electrons. The van der Waals surface area contributed by atoms with Gasteiger partial charge in [0.05, 0.1) is 11.3 Å². The fourth-order valence-corrected chi connectivity index (χ4v) is 3.63. The molecule has 30 heavy (non-hydrogen) atoms. The van der Waals surface area contributed by atoms with E-state index in [9.17, 15) is 4.79 Å². The molecule has 1 N–H and O–H groups in total. The van der Waals surface area contributed by atoms with Gasteiger partial charge in [0.1, 0.15) is 11.5 Å². The summed E-state index contributed by atoms with van der Waals surface area (Å²) in [5.74, 6) is 1.91. The Hall–Kier alpha value is -3.39. The van der Waals surface area contributed by atoms with Crippen LogP contribution < -0.4 is 5.32 Å². The van der Waals surface area contributed by atoms with Crippen molar-refractivity contribution < 1.29 is 9.21 Å². The normalized spacial score (nSPS) is 10.9. The van der Waals surface area contributed by atoms with Crippen LogP contribution in [-0.4, -0.2) is 31.9 Å². The molecular formula is C22H21N5O2S. The monoisotopic (exact) mass is 419 g/mol. The third kappa shape index (κ3) is 4.13. The predicted molar refractivity (Wildman–Crippen MR) is 117 cm³/mol. The van der Waals surface area contributed by atoms with E-state index in [0.29, 0.717) is 22.8 Å². The van der Waals surface area contributed by atoms with Crippen molar-refractivity contribution in [3.05, 3.63) is 71.5 Å². The standard InChI is InChI=1S/C22H21N5O2S/c1-4-30-22-24-25-26-27(22)18-11-9-17(10-12-18)23-21(28)19-13-20(29-15(19)3)16-7-5-14(2)6-8-16/h5-13H,4H2,1-3H3,(H,23,28). The summed E-state index contributed by atoms with van der Waals surface area (Å²) in [6.07, 6.45) is 0. The molecule has 0 bridgehead atoms. The van der Waals surface area contributed by atoms with Crippen LogP contribution in [0.5, 0.6) is 0 Å². The number of tetrazole rings is 1. The van der Waals surface area contributed by atoms with Gasteiger partial charge in [0.15, 0.2) is 0 Å². The molecule has 2 aromatic carbocycles. The summed E-state index contributed by atoms with van der Waals surface area (Å²) in [4.78, 5) is 12.8. The van der Waals surface area contributed by atoms with Crippen molar-refractivity contribution in [1.82, 2.24) is 20.2 Å². The van der Waals surface area contributed by atoms with E-state index in [1.807, 2.05) is 62.4 Å². The van der Waals surface area contributed by atoms with Crippen molar-refractivity contribution >= 4 is 23.4 Å². The molecule has 0 atom stereocenters. The number of anilines is 1. The van der Waals surface area contributed by atoms with Gasteiger partial charge in [-0.2, -0.15) is 4.68 Å². The molecular weight excluding hydrogens is 398 g/mol. The van der Waals surface area contributed by atoms with Crippen LogP contribution in [0.3, 0.4) is 0 Å². The second-order valence-corrected chi connectivity index (χ2v) is 7.98. The highest BCUT2D eigenvalue weighted by Gasteiger charge is 2.16. The maximum Gasteiger partial charge on any atom is 0.259 e. The van der Waals surface area contributed by atoms with Crippen molar-refractivity contribution in [3.8, 4) is 17.0 Å². The Kier molecular flexibility index (Phi) is 5.67. The highest BCUT2D eigenvalue weighted by molar-refractivity contribution is 7.99. The van der Waals surface area contributed by atoms with E-state index >= 15 is 0 Å². The number of carbonyl (C=O) groups excluding carboxylic acids is 1. The van der Waals surface area contributed by atoms with E-state index in [1.165, 1.54) is 5.56 Å². The van der Waals surface area contributed by atoms with E-state index in [1.54, 1.807) is 29.4 Å². The van der Waals surface area contributed by atoms with Gasteiger partial charge in [-0.1, -0.05) is 48.5 Å². The molecule has 0 spiro atoms. The van der Waals surface area contributed by atoms with Crippen LogP contribution in [0.15, 0.2) is 64.2 Å². The van der Waals surface area contributed by atoms with Gasteiger partial charge in [0.2, 0.25) is 5.16 Å². The summed E-state index contributed by atoms with van der Waals surface area (Å²) in [5, 5.41) is 15.4. The molecule has 1 amide bonds. The number of furan rings is 1. The minimum absolute atomic E-state index is 0.216. The van der Waals surface area contributed by atoms with Crippen LogP contribution >= 0.6 is 11.8 Å². The highest BCUT2D eigenvalue weighted by atomic mass is 32.2. The zero-order valence-corrected chi connectivity index (χ0v) is 17.7. The minimum atomic E-state index is -0.216. The van der Waals surface area contributed by atoms with Gasteiger partial charge in [-0.05, 0) is 60.4 Å². The summed E-state index contributed by atoms with van der Waals surface area (Å²) >= 11 is 1.57. The number of aromatic nitrogens is 4. The summed E-state index contributed by atoms with van der Waals surface area (Å²) in [5.41, 5.74) is 4.13. The molecule has 0 saturated carbocycles. The number of carbonyl (C=O) groups is 1. The number of rotatable bonds is 6. The fraction of sp³-hybridized carbons (Fsp3) is 0.182. The molecule has 0 aliphatic rings. The lowest BCUT2D eigenvalue weighted by Crippen LogP contribution is -2.12. The Balaban J connectivity index is 1.50. The molecule has 0 radical (unpaired) electrons. The zero-order valence-electron chi connectivity index (χ0n) is 16.9. The summed E-state index contributed by atoms with van der Waals surface area (Å²) in [6.45, 7) is 5.87. The van der Waals surface area contributed by atoms with Gasteiger partial charge in [0, 0.05) is 11.3 Å². The number of nitrogens with one attached hydrogen (secondary N) is 1. The molecule has 0 unspecified atom stereocenters. The quantitative estimate of drug-likeness (QED) is 0.447. The smallest absolute Gasteiger partial charge is 0.259 e. The highest BCUT2D eigenvalue weighted by Crippen LogP contribution is 2.26. The van der Waals surface area contributed by atoms with Gasteiger partial charge in [-0.15, -0.1) is 5.10 Å². The maximum atomic E-state index is 12.8. The predicted octanol–water partition coefficient (Wildman–Crippen LogP) is 4.90. The first-order valence-corrected chi connectivity index (χ1v) is 10.5. The van der Waals surface area contributed by atoms with Crippen molar-refractivity contribution in [3.63, 3.8) is 0 Å². The molecule has 0 saturated heterocycles. The number of amides is 1. The van der Waals surface area contributed by atoms with E-state index < -0.39 is 0 Å². The van der Waals surface area contributed by atoms with E-state index in [2.05, 4.69) is 20.8 Å². The maximum absolute atomic E-state index is 12.8. The summed E-state index contributed by atoms with van der Waals surface area (Å²) in [6, 6.07) is 17.2. The average Bonchev–Trinajstić information content (AvgIpc) is 3.36. The molecule has 4 rings (SSSR count). The second kappa shape index (κ2) is 8.54. The molecule has 4 aromatic rings. The topological polar surface area (TPSA) is 85.8 Å². The summed E-state index contributed by atoms with van der Waals surface area (Å²) in [7, 11) is 0. The first kappa shape index (κ1) is 19.9.